The zero-order valence-corrected chi connectivity index (χ0v) is 11.1. The highest BCUT2D eigenvalue weighted by molar-refractivity contribution is 7.11. The van der Waals surface area contributed by atoms with Crippen LogP contribution in [0.15, 0.2) is 30.3 Å². The van der Waals surface area contributed by atoms with Crippen LogP contribution in [0.2, 0.25) is 5.02 Å². The molecule has 0 unspecified atom stereocenters. The van der Waals surface area contributed by atoms with Gasteiger partial charge < -0.3 is 10.5 Å². The number of thiophene rings is 1. The Hall–Kier alpha value is -1.19. The van der Waals surface area contributed by atoms with Crippen molar-refractivity contribution in [1.82, 2.24) is 0 Å². The Morgan fingerprint density at radius 2 is 2.00 bits per heavy atom. The number of nitrogens with two attached hydrogens (primary N) is 1. The van der Waals surface area contributed by atoms with Crippen LogP contribution in [0.3, 0.4) is 0 Å². The molecule has 2 N–H and O–H groups in total. The molecule has 0 atom stereocenters. The van der Waals surface area contributed by atoms with Crippen molar-refractivity contribution in [2.24, 2.45) is 0 Å². The molecule has 17 heavy (non-hydrogen) atoms. The molecule has 0 amide bonds. The second kappa shape index (κ2) is 5.43. The quantitative estimate of drug-likeness (QED) is 0.846. The van der Waals surface area contributed by atoms with Crippen LogP contribution in [0, 0.1) is 0 Å². The van der Waals surface area contributed by atoms with E-state index < -0.39 is 0 Å². The summed E-state index contributed by atoms with van der Waals surface area (Å²) in [6, 6.07) is 9.50. The third-order valence-electron chi connectivity index (χ3n) is 2.39. The van der Waals surface area contributed by atoms with Gasteiger partial charge in [0, 0.05) is 15.4 Å². The molecule has 0 spiro atoms. The van der Waals surface area contributed by atoms with E-state index in [0.29, 0.717) is 23.1 Å². The summed E-state index contributed by atoms with van der Waals surface area (Å²) >= 11 is 7.79. The molecule has 1 heterocycles. The van der Waals surface area contributed by atoms with Gasteiger partial charge in [-0.25, -0.2) is 0 Å². The summed E-state index contributed by atoms with van der Waals surface area (Å²) in [5.41, 5.74) is 6.26. The molecule has 0 fully saturated rings. The molecule has 4 heteroatoms. The molecule has 0 bridgehead atoms. The average Bonchev–Trinajstić information content (AvgIpc) is 2.76. The molecule has 0 aliphatic heterocycles. The second-order valence-corrected chi connectivity index (χ2v) is 5.36. The van der Waals surface area contributed by atoms with Gasteiger partial charge in [0.15, 0.2) is 0 Å². The van der Waals surface area contributed by atoms with Gasteiger partial charge in [-0.3, -0.25) is 0 Å². The standard InChI is InChI=1S/C13H14ClNOS/c1-2-10-4-5-11(17-10)8-16-13-6-3-9(15)7-12(13)14/h3-7H,2,8,15H2,1H3. The fourth-order valence-electron chi connectivity index (χ4n) is 1.47. The van der Waals surface area contributed by atoms with Gasteiger partial charge in [-0.05, 0) is 36.8 Å². The Bertz CT molecular complexity index is 510. The molecular weight excluding hydrogens is 254 g/mol. The molecule has 0 radical (unpaired) electrons. The third kappa shape index (κ3) is 3.14. The highest BCUT2D eigenvalue weighted by Gasteiger charge is 2.04. The van der Waals surface area contributed by atoms with Crippen LogP contribution in [-0.4, -0.2) is 0 Å². The van der Waals surface area contributed by atoms with Gasteiger partial charge >= 0.3 is 0 Å². The first-order chi connectivity index (χ1) is 8.19. The lowest BCUT2D eigenvalue weighted by Crippen LogP contribution is -1.94. The molecule has 90 valence electrons. The van der Waals surface area contributed by atoms with Crippen LogP contribution in [0.25, 0.3) is 0 Å². The second-order valence-electron chi connectivity index (χ2n) is 3.70. The van der Waals surface area contributed by atoms with Gasteiger partial charge in [-0.15, -0.1) is 11.3 Å². The zero-order chi connectivity index (χ0) is 12.3. The maximum atomic E-state index is 6.03. The molecule has 2 rings (SSSR count). The van der Waals surface area contributed by atoms with E-state index in [1.54, 1.807) is 29.5 Å². The topological polar surface area (TPSA) is 35.2 Å². The number of ether oxygens (including phenoxy) is 1. The van der Waals surface area contributed by atoms with Crippen molar-refractivity contribution in [1.29, 1.82) is 0 Å². The van der Waals surface area contributed by atoms with Crippen LogP contribution in [0.4, 0.5) is 5.69 Å². The van der Waals surface area contributed by atoms with Gasteiger partial charge in [0.1, 0.15) is 12.4 Å². The fourth-order valence-corrected chi connectivity index (χ4v) is 2.59. The summed E-state index contributed by atoms with van der Waals surface area (Å²) in [4.78, 5) is 2.57. The smallest absolute Gasteiger partial charge is 0.138 e. The first-order valence-corrected chi connectivity index (χ1v) is 6.64. The number of rotatable bonds is 4. The molecule has 0 aliphatic rings. The Labute approximate surface area is 110 Å². The molecular formula is C13H14ClNOS. The van der Waals surface area contributed by atoms with E-state index in [9.17, 15) is 0 Å². The summed E-state index contributed by atoms with van der Waals surface area (Å²) in [5, 5.41) is 0.553. The highest BCUT2D eigenvalue weighted by atomic mass is 35.5. The van der Waals surface area contributed by atoms with E-state index in [0.717, 1.165) is 6.42 Å². The summed E-state index contributed by atoms with van der Waals surface area (Å²) in [6.45, 7) is 2.70. The number of hydrogen-bond acceptors (Lipinski definition) is 3. The average molecular weight is 268 g/mol. The minimum absolute atomic E-state index is 0.550. The summed E-state index contributed by atoms with van der Waals surface area (Å²) in [6.07, 6.45) is 1.06. The van der Waals surface area contributed by atoms with Crippen LogP contribution in [-0.2, 0) is 13.0 Å². The first-order valence-electron chi connectivity index (χ1n) is 5.44. The minimum atomic E-state index is 0.550. The summed E-state index contributed by atoms with van der Waals surface area (Å²) < 4.78 is 5.66. The van der Waals surface area contributed by atoms with Crippen molar-refractivity contribution >= 4 is 28.6 Å². The molecule has 2 nitrogen and oxygen atoms in total. The predicted molar refractivity (Wildman–Crippen MR) is 73.9 cm³/mol. The molecule has 1 aromatic heterocycles. The fraction of sp³-hybridized carbons (Fsp3) is 0.231. The minimum Gasteiger partial charge on any atom is -0.487 e. The van der Waals surface area contributed by atoms with E-state index in [4.69, 9.17) is 22.1 Å². The van der Waals surface area contributed by atoms with E-state index in [-0.39, 0.29) is 0 Å². The van der Waals surface area contributed by atoms with Crippen molar-refractivity contribution in [3.63, 3.8) is 0 Å². The zero-order valence-electron chi connectivity index (χ0n) is 9.57. The van der Waals surface area contributed by atoms with Gasteiger partial charge in [-0.1, -0.05) is 18.5 Å². The van der Waals surface area contributed by atoms with Crippen LogP contribution < -0.4 is 10.5 Å². The largest absolute Gasteiger partial charge is 0.487 e. The summed E-state index contributed by atoms with van der Waals surface area (Å²) in [5.74, 6) is 0.673. The summed E-state index contributed by atoms with van der Waals surface area (Å²) in [7, 11) is 0. The number of aryl methyl sites for hydroxylation is 1. The monoisotopic (exact) mass is 267 g/mol. The lowest BCUT2D eigenvalue weighted by atomic mass is 10.3. The molecule has 0 aliphatic carbocycles. The highest BCUT2D eigenvalue weighted by Crippen LogP contribution is 2.28. The van der Waals surface area contributed by atoms with Crippen LogP contribution in [0.5, 0.6) is 5.75 Å². The number of anilines is 1. The molecule has 2 aromatic rings. The third-order valence-corrected chi connectivity index (χ3v) is 3.89. The molecule has 0 saturated heterocycles. The Morgan fingerprint density at radius 3 is 2.65 bits per heavy atom. The van der Waals surface area contributed by atoms with Gasteiger partial charge in [0.05, 0.1) is 5.02 Å². The Kier molecular flexibility index (Phi) is 3.92. The Balaban J connectivity index is 2.02. The maximum absolute atomic E-state index is 6.03. The van der Waals surface area contributed by atoms with Crippen molar-refractivity contribution in [2.75, 3.05) is 5.73 Å². The molecule has 0 saturated carbocycles. The van der Waals surface area contributed by atoms with Crippen molar-refractivity contribution in [2.45, 2.75) is 20.0 Å². The number of halogens is 1. The van der Waals surface area contributed by atoms with E-state index in [1.165, 1.54) is 9.75 Å². The van der Waals surface area contributed by atoms with E-state index in [2.05, 4.69) is 19.1 Å². The maximum Gasteiger partial charge on any atom is 0.138 e. The Morgan fingerprint density at radius 1 is 1.24 bits per heavy atom. The lowest BCUT2D eigenvalue weighted by molar-refractivity contribution is 0.310. The normalized spacial score (nSPS) is 10.5. The molecule has 1 aromatic carbocycles. The van der Waals surface area contributed by atoms with E-state index >= 15 is 0 Å². The number of benzene rings is 1. The SMILES string of the molecule is CCc1ccc(COc2ccc(N)cc2Cl)s1. The van der Waals surface area contributed by atoms with Gasteiger partial charge in [0.2, 0.25) is 0 Å². The van der Waals surface area contributed by atoms with Crippen molar-refractivity contribution in [3.8, 4) is 5.75 Å². The number of nitrogen functional groups attached to an aromatic ring is 1. The van der Waals surface area contributed by atoms with Gasteiger partial charge in [0.25, 0.3) is 0 Å². The van der Waals surface area contributed by atoms with Crippen molar-refractivity contribution in [3.05, 3.63) is 45.1 Å². The lowest BCUT2D eigenvalue weighted by Gasteiger charge is -2.07. The van der Waals surface area contributed by atoms with Gasteiger partial charge in [-0.2, -0.15) is 0 Å². The number of hydrogen-bond donors (Lipinski definition) is 1. The van der Waals surface area contributed by atoms with Crippen molar-refractivity contribution < 1.29 is 4.74 Å². The van der Waals surface area contributed by atoms with Crippen LogP contribution in [0.1, 0.15) is 16.7 Å². The predicted octanol–water partition coefficient (Wildman–Crippen LogP) is 4.13. The van der Waals surface area contributed by atoms with E-state index in [1.807, 2.05) is 0 Å². The van der Waals surface area contributed by atoms with Crippen LogP contribution >= 0.6 is 22.9 Å². The first kappa shape index (κ1) is 12.3.